The zero-order valence-electron chi connectivity index (χ0n) is 28.0. The van der Waals surface area contributed by atoms with Gasteiger partial charge in [0.15, 0.2) is 12.4 Å². The molecule has 3 unspecified atom stereocenters. The Morgan fingerprint density at radius 1 is 0.804 bits per heavy atom. The summed E-state index contributed by atoms with van der Waals surface area (Å²) in [6.07, 6.45) is 22.9. The van der Waals surface area contributed by atoms with Crippen LogP contribution in [0.4, 0.5) is 0 Å². The highest BCUT2D eigenvalue weighted by Gasteiger charge is 2.16. The minimum atomic E-state index is -0.690. The summed E-state index contributed by atoms with van der Waals surface area (Å²) in [5.74, 6) is 1.18. The van der Waals surface area contributed by atoms with Crippen LogP contribution in [0.15, 0.2) is 73.6 Å². The van der Waals surface area contributed by atoms with E-state index >= 15 is 0 Å². The Morgan fingerprint density at radius 3 is 1.78 bits per heavy atom. The van der Waals surface area contributed by atoms with Gasteiger partial charge in [-0.05, 0) is 97.2 Å². The van der Waals surface area contributed by atoms with Gasteiger partial charge >= 0.3 is 12.1 Å². The van der Waals surface area contributed by atoms with Crippen LogP contribution in [0.5, 0.6) is 0 Å². The van der Waals surface area contributed by atoms with E-state index in [-0.39, 0.29) is 15.0 Å². The lowest BCUT2D eigenvalue weighted by atomic mass is 9.85. The molecule has 0 radical (unpaired) electrons. The first-order valence-electron chi connectivity index (χ1n) is 16.3. The second-order valence-corrected chi connectivity index (χ2v) is 12.0. The fraction of sp³-hybridized carbons (Fsp3) is 0.553. The predicted molar refractivity (Wildman–Crippen MR) is 193 cm³/mol. The molecule has 0 aliphatic rings. The molecule has 258 valence electrons. The number of carbonyl (C=O) groups excluding carboxylic acids is 2. The van der Waals surface area contributed by atoms with Crippen molar-refractivity contribution in [2.75, 3.05) is 5.33 Å². The molecular formula is C38H61BrN3O4+. The van der Waals surface area contributed by atoms with Gasteiger partial charge in [0.05, 0.1) is 0 Å². The third kappa shape index (κ3) is 22.3. The molecule has 46 heavy (non-hydrogen) atoms. The van der Waals surface area contributed by atoms with E-state index in [4.69, 9.17) is 14.7 Å². The van der Waals surface area contributed by atoms with Crippen LogP contribution in [0.2, 0.25) is 0 Å². The summed E-state index contributed by atoms with van der Waals surface area (Å²) in [5.41, 5.74) is 4.25. The van der Waals surface area contributed by atoms with E-state index in [1.54, 1.807) is 0 Å². The van der Waals surface area contributed by atoms with E-state index in [1.165, 1.54) is 55.2 Å². The minimum absolute atomic E-state index is 0. The molecule has 0 bridgehead atoms. The topological polar surface area (TPSA) is 101 Å². The molecule has 0 fully saturated rings. The van der Waals surface area contributed by atoms with E-state index in [2.05, 4.69) is 114 Å². The van der Waals surface area contributed by atoms with Gasteiger partial charge < -0.3 is 5.11 Å². The van der Waals surface area contributed by atoms with Gasteiger partial charge in [-0.1, -0.05) is 70.8 Å². The van der Waals surface area contributed by atoms with Gasteiger partial charge in [0.1, 0.15) is 6.54 Å². The highest BCUT2D eigenvalue weighted by Crippen LogP contribution is 2.31. The van der Waals surface area contributed by atoms with Crippen LogP contribution in [-0.4, -0.2) is 32.5 Å². The van der Waals surface area contributed by atoms with E-state index < -0.39 is 5.97 Å². The lowest BCUT2D eigenvalue weighted by Gasteiger charge is -2.20. The molecule has 3 atom stereocenters. The fourth-order valence-electron chi connectivity index (χ4n) is 4.70. The van der Waals surface area contributed by atoms with Crippen molar-refractivity contribution in [1.29, 1.82) is 0 Å². The number of carbonyl (C=O) groups is 1. The number of hydrogen-bond donors (Lipinski definition) is 1. The largest absolute Gasteiger partial charge is 0.481 e. The van der Waals surface area contributed by atoms with Crippen molar-refractivity contribution in [2.24, 2.45) is 0 Å². The van der Waals surface area contributed by atoms with Gasteiger partial charge in [-0.2, -0.15) is 9.59 Å². The van der Waals surface area contributed by atoms with Crippen molar-refractivity contribution < 1.29 is 25.5 Å². The third-order valence-electron chi connectivity index (χ3n) is 7.73. The number of aryl methyl sites for hydroxylation is 1. The van der Waals surface area contributed by atoms with Gasteiger partial charge in [0.2, 0.25) is 0 Å². The monoisotopic (exact) mass is 703 g/mol. The molecule has 0 amide bonds. The SMILES string of the molecule is C.CCC(C)c1ccncc1.CCCCC[n+]1ccc(C(C)CC(CC)c2ccncc2)cc1.O=C(O)CCCCCBr.O=C=O.[2HH]. The summed E-state index contributed by atoms with van der Waals surface area (Å²) < 4.78 is 2.31. The van der Waals surface area contributed by atoms with Gasteiger partial charge in [-0.15, -0.1) is 0 Å². The maximum Gasteiger partial charge on any atom is 0.373 e. The first-order valence-corrected chi connectivity index (χ1v) is 17.5. The third-order valence-corrected chi connectivity index (χ3v) is 8.29. The molecule has 0 aliphatic carbocycles. The number of carboxylic acids is 1. The number of unbranched alkanes of at least 4 members (excludes halogenated alkanes) is 4. The molecule has 3 aromatic rings. The Balaban J connectivity index is -0.000000672. The van der Waals surface area contributed by atoms with E-state index in [1.807, 2.05) is 24.8 Å². The van der Waals surface area contributed by atoms with Crippen molar-refractivity contribution >= 4 is 28.1 Å². The second-order valence-electron chi connectivity index (χ2n) is 11.2. The normalized spacial score (nSPS) is 11.7. The number of nitrogens with zero attached hydrogens (tertiary/aromatic N) is 3. The summed E-state index contributed by atoms with van der Waals surface area (Å²) in [5, 5.41) is 9.18. The quantitative estimate of drug-likeness (QED) is 0.0905. The van der Waals surface area contributed by atoms with Crippen LogP contribution in [0, 0.1) is 0 Å². The average molecular weight is 705 g/mol. The van der Waals surface area contributed by atoms with Crippen LogP contribution in [0.25, 0.3) is 0 Å². The molecule has 0 aliphatic heterocycles. The van der Waals surface area contributed by atoms with Crippen molar-refractivity contribution in [3.63, 3.8) is 0 Å². The van der Waals surface area contributed by atoms with Crippen molar-refractivity contribution in [1.82, 2.24) is 9.97 Å². The van der Waals surface area contributed by atoms with Gasteiger partial charge in [-0.3, -0.25) is 14.8 Å². The average Bonchev–Trinajstić information content (AvgIpc) is 3.07. The first kappa shape index (κ1) is 44.9. The Kier molecular flexibility index (Phi) is 29.7. The van der Waals surface area contributed by atoms with Crippen molar-refractivity contribution in [3.05, 3.63) is 90.3 Å². The van der Waals surface area contributed by atoms with E-state index in [0.717, 1.165) is 31.1 Å². The predicted octanol–water partition coefficient (Wildman–Crippen LogP) is 10.2. The Morgan fingerprint density at radius 2 is 1.33 bits per heavy atom. The number of aliphatic carboxylic acids is 1. The minimum Gasteiger partial charge on any atom is -0.481 e. The summed E-state index contributed by atoms with van der Waals surface area (Å²) in [6.45, 7) is 12.4. The summed E-state index contributed by atoms with van der Waals surface area (Å²) in [4.78, 5) is 34.3. The fourth-order valence-corrected chi connectivity index (χ4v) is 5.10. The molecule has 8 heteroatoms. The number of halogens is 1. The molecule has 0 saturated heterocycles. The van der Waals surface area contributed by atoms with Crippen molar-refractivity contribution in [2.45, 2.75) is 131 Å². The number of alkyl halides is 1. The van der Waals surface area contributed by atoms with Crippen LogP contribution >= 0.6 is 15.9 Å². The van der Waals surface area contributed by atoms with Crippen LogP contribution in [0.1, 0.15) is 142 Å². The number of aromatic nitrogens is 3. The Labute approximate surface area is 288 Å². The molecule has 1 N–H and O–H groups in total. The highest BCUT2D eigenvalue weighted by molar-refractivity contribution is 9.09. The number of pyridine rings is 3. The van der Waals surface area contributed by atoms with Crippen LogP contribution < -0.4 is 4.57 Å². The van der Waals surface area contributed by atoms with Crippen molar-refractivity contribution in [3.8, 4) is 0 Å². The summed E-state index contributed by atoms with van der Waals surface area (Å²) >= 11 is 3.27. The number of hydrogen-bond acceptors (Lipinski definition) is 5. The van der Waals surface area contributed by atoms with Crippen LogP contribution in [0.3, 0.4) is 0 Å². The molecule has 3 heterocycles. The Bertz CT molecular complexity index is 1150. The van der Waals surface area contributed by atoms with Gasteiger partial charge in [-0.25, -0.2) is 4.57 Å². The second kappa shape index (κ2) is 30.4. The van der Waals surface area contributed by atoms with Gasteiger partial charge in [0, 0.05) is 56.5 Å². The van der Waals surface area contributed by atoms with E-state index in [0.29, 0.717) is 24.2 Å². The first-order chi connectivity index (χ1) is 21.8. The van der Waals surface area contributed by atoms with Gasteiger partial charge in [0.25, 0.3) is 0 Å². The molecule has 3 rings (SSSR count). The molecule has 0 aromatic carbocycles. The molecule has 3 aromatic heterocycles. The maximum atomic E-state index is 9.95. The summed E-state index contributed by atoms with van der Waals surface area (Å²) in [7, 11) is 0. The standard InChI is InChI=1S/C21H31N2.C9H13N.C6H11BrO2.CO2.CH4.H2/c1-4-6-7-14-23-15-10-20(11-16-23)18(3)17-19(5-2)21-8-12-22-13-9-21;1-3-8(2)9-4-6-10-7-5-9;7-5-3-1-2-4-6(8)9;2-1-3;;/h8-13,15-16,18-19H,4-7,14,17H2,1-3H3;4-8H,3H2,1-2H3;1-5H2,(H,8,9);;1H4;1H/q+1;;;;;/i;;;;;1+1. The lowest BCUT2D eigenvalue weighted by molar-refractivity contribution is -0.697. The lowest BCUT2D eigenvalue weighted by Crippen LogP contribution is -2.32. The van der Waals surface area contributed by atoms with Crippen LogP contribution in [-0.2, 0) is 20.9 Å². The molecule has 7 nitrogen and oxygen atoms in total. The molecule has 0 saturated carbocycles. The smallest absolute Gasteiger partial charge is 0.373 e. The Hall–Kier alpha value is -3.22. The molecular weight excluding hydrogens is 642 g/mol. The number of rotatable bonds is 16. The zero-order chi connectivity index (χ0) is 33.7. The summed E-state index contributed by atoms with van der Waals surface area (Å²) in [6, 6.07) is 13.1. The van der Waals surface area contributed by atoms with E-state index in [9.17, 15) is 4.79 Å². The maximum absolute atomic E-state index is 9.95. The molecule has 0 spiro atoms. The number of carboxylic acid groups (broad SMARTS) is 1. The highest BCUT2D eigenvalue weighted by atomic mass is 79.9. The zero-order valence-corrected chi connectivity index (χ0v) is 29.6.